The van der Waals surface area contributed by atoms with E-state index in [1.807, 2.05) is 24.3 Å². The van der Waals surface area contributed by atoms with Crippen molar-refractivity contribution < 1.29 is 0 Å². The van der Waals surface area contributed by atoms with Crippen LogP contribution in [0.15, 0.2) is 24.3 Å². The van der Waals surface area contributed by atoms with Crippen LogP contribution >= 0.6 is 12.4 Å². The lowest BCUT2D eigenvalue weighted by atomic mass is 10.0. The van der Waals surface area contributed by atoms with E-state index in [1.54, 1.807) is 0 Å². The normalized spacial score (nSPS) is 9.00. The first-order chi connectivity index (χ1) is 5.75. The van der Waals surface area contributed by atoms with E-state index >= 15 is 0 Å². The maximum Gasteiger partial charge on any atom is 0.123 e. The summed E-state index contributed by atoms with van der Waals surface area (Å²) in [5.41, 5.74) is 7.48. The quantitative estimate of drug-likeness (QED) is 0.569. The standard InChI is InChI=1S/C10H14N2.ClH/c1-2-5-8-6-3-4-7-9(8)10(11)12;/h3-4,6-7H,2,5H2,1H3,(H3,11,12);1H. The maximum atomic E-state index is 7.33. The molecule has 1 aromatic carbocycles. The fourth-order valence-electron chi connectivity index (χ4n) is 1.27. The Morgan fingerprint density at radius 1 is 1.38 bits per heavy atom. The Labute approximate surface area is 85.1 Å². The van der Waals surface area contributed by atoms with Crippen LogP contribution in [0.5, 0.6) is 0 Å². The molecule has 1 rings (SSSR count). The van der Waals surface area contributed by atoms with Crippen LogP contribution in [0.3, 0.4) is 0 Å². The van der Waals surface area contributed by atoms with Gasteiger partial charge in [-0.1, -0.05) is 37.6 Å². The molecule has 3 heteroatoms. The molecule has 0 bridgehead atoms. The molecule has 72 valence electrons. The van der Waals surface area contributed by atoms with Crippen molar-refractivity contribution in [2.75, 3.05) is 0 Å². The van der Waals surface area contributed by atoms with E-state index in [2.05, 4.69) is 6.92 Å². The molecule has 1 aromatic rings. The van der Waals surface area contributed by atoms with Crippen LogP contribution in [0, 0.1) is 5.41 Å². The summed E-state index contributed by atoms with van der Waals surface area (Å²) in [7, 11) is 0. The van der Waals surface area contributed by atoms with Gasteiger partial charge in [0.25, 0.3) is 0 Å². The van der Waals surface area contributed by atoms with Gasteiger partial charge in [-0.2, -0.15) is 0 Å². The van der Waals surface area contributed by atoms with Gasteiger partial charge in [0, 0.05) is 5.56 Å². The number of nitrogens with two attached hydrogens (primary N) is 1. The molecule has 0 saturated heterocycles. The molecule has 13 heavy (non-hydrogen) atoms. The second-order valence-corrected chi connectivity index (χ2v) is 2.82. The molecule has 0 saturated carbocycles. The second kappa shape index (κ2) is 5.60. The lowest BCUT2D eigenvalue weighted by Crippen LogP contribution is -2.13. The van der Waals surface area contributed by atoms with Gasteiger partial charge in [0.15, 0.2) is 0 Å². The zero-order valence-corrected chi connectivity index (χ0v) is 8.53. The van der Waals surface area contributed by atoms with E-state index in [1.165, 1.54) is 5.56 Å². The molecule has 0 spiro atoms. The molecule has 0 aliphatic rings. The van der Waals surface area contributed by atoms with E-state index in [-0.39, 0.29) is 18.2 Å². The highest BCUT2D eigenvalue weighted by molar-refractivity contribution is 5.96. The van der Waals surface area contributed by atoms with Crippen LogP contribution in [0.2, 0.25) is 0 Å². The predicted molar refractivity (Wildman–Crippen MR) is 58.7 cm³/mol. The number of rotatable bonds is 3. The summed E-state index contributed by atoms with van der Waals surface area (Å²) in [6, 6.07) is 7.82. The number of hydrogen-bond acceptors (Lipinski definition) is 1. The molecule has 0 radical (unpaired) electrons. The molecule has 0 unspecified atom stereocenters. The van der Waals surface area contributed by atoms with Crippen molar-refractivity contribution in [2.45, 2.75) is 19.8 Å². The summed E-state index contributed by atoms with van der Waals surface area (Å²) in [4.78, 5) is 0. The molecule has 0 fully saturated rings. The maximum absolute atomic E-state index is 7.33. The van der Waals surface area contributed by atoms with Crippen molar-refractivity contribution in [1.82, 2.24) is 0 Å². The van der Waals surface area contributed by atoms with Gasteiger partial charge in [-0.15, -0.1) is 12.4 Å². The number of benzene rings is 1. The average molecular weight is 199 g/mol. The number of halogens is 1. The third-order valence-corrected chi connectivity index (χ3v) is 1.83. The third kappa shape index (κ3) is 3.07. The Kier molecular flexibility index (Phi) is 5.16. The lowest BCUT2D eigenvalue weighted by molar-refractivity contribution is 0.919. The summed E-state index contributed by atoms with van der Waals surface area (Å²) < 4.78 is 0. The fourth-order valence-corrected chi connectivity index (χ4v) is 1.27. The Hall–Kier alpha value is -1.02. The van der Waals surface area contributed by atoms with Crippen molar-refractivity contribution in [1.29, 1.82) is 5.41 Å². The summed E-state index contributed by atoms with van der Waals surface area (Å²) >= 11 is 0. The van der Waals surface area contributed by atoms with Gasteiger partial charge in [0.1, 0.15) is 5.84 Å². The number of aryl methyl sites for hydroxylation is 1. The van der Waals surface area contributed by atoms with Crippen molar-refractivity contribution in [2.24, 2.45) is 5.73 Å². The summed E-state index contributed by atoms with van der Waals surface area (Å²) in [5, 5.41) is 7.33. The molecule has 0 amide bonds. The van der Waals surface area contributed by atoms with E-state index in [0.29, 0.717) is 0 Å². The monoisotopic (exact) mass is 198 g/mol. The van der Waals surface area contributed by atoms with Gasteiger partial charge in [0.05, 0.1) is 0 Å². The third-order valence-electron chi connectivity index (χ3n) is 1.83. The van der Waals surface area contributed by atoms with Crippen LogP contribution in [0.1, 0.15) is 24.5 Å². The summed E-state index contributed by atoms with van der Waals surface area (Å²) in [5.74, 6) is 0.166. The fraction of sp³-hybridized carbons (Fsp3) is 0.300. The van der Waals surface area contributed by atoms with Crippen LogP contribution in [-0.2, 0) is 6.42 Å². The molecule has 0 aromatic heterocycles. The molecule has 0 heterocycles. The Morgan fingerprint density at radius 3 is 2.54 bits per heavy atom. The van der Waals surface area contributed by atoms with Crippen LogP contribution in [0.4, 0.5) is 0 Å². The summed E-state index contributed by atoms with van der Waals surface area (Å²) in [6.45, 7) is 2.12. The molecular weight excluding hydrogens is 184 g/mol. The zero-order valence-electron chi connectivity index (χ0n) is 7.71. The Morgan fingerprint density at radius 2 is 2.00 bits per heavy atom. The van der Waals surface area contributed by atoms with Gasteiger partial charge < -0.3 is 5.73 Å². The predicted octanol–water partition coefficient (Wildman–Crippen LogP) is 2.34. The first-order valence-electron chi connectivity index (χ1n) is 4.18. The molecular formula is C10H15ClN2. The van der Waals surface area contributed by atoms with E-state index in [0.717, 1.165) is 18.4 Å². The van der Waals surface area contributed by atoms with Gasteiger partial charge in [0.2, 0.25) is 0 Å². The van der Waals surface area contributed by atoms with Crippen LogP contribution in [-0.4, -0.2) is 5.84 Å². The van der Waals surface area contributed by atoms with Gasteiger partial charge in [-0.05, 0) is 12.0 Å². The first kappa shape index (κ1) is 12.0. The van der Waals surface area contributed by atoms with Crippen molar-refractivity contribution >= 4 is 18.2 Å². The number of nitrogen functional groups attached to an aromatic ring is 1. The largest absolute Gasteiger partial charge is 0.384 e. The summed E-state index contributed by atoms with van der Waals surface area (Å²) in [6.07, 6.45) is 2.08. The zero-order chi connectivity index (χ0) is 8.97. The number of nitrogens with one attached hydrogen (secondary N) is 1. The molecule has 0 aliphatic carbocycles. The minimum Gasteiger partial charge on any atom is -0.384 e. The molecule has 2 nitrogen and oxygen atoms in total. The molecule has 0 atom stereocenters. The average Bonchev–Trinajstić information content (AvgIpc) is 2.05. The highest BCUT2D eigenvalue weighted by atomic mass is 35.5. The molecule has 3 N–H and O–H groups in total. The minimum atomic E-state index is 0. The number of hydrogen-bond donors (Lipinski definition) is 2. The van der Waals surface area contributed by atoms with Gasteiger partial charge >= 0.3 is 0 Å². The first-order valence-corrected chi connectivity index (χ1v) is 4.18. The van der Waals surface area contributed by atoms with E-state index < -0.39 is 0 Å². The van der Waals surface area contributed by atoms with E-state index in [9.17, 15) is 0 Å². The number of amidine groups is 1. The Balaban J connectivity index is 0.00000144. The smallest absolute Gasteiger partial charge is 0.123 e. The minimum absolute atomic E-state index is 0. The van der Waals surface area contributed by atoms with Crippen LogP contribution in [0.25, 0.3) is 0 Å². The highest BCUT2D eigenvalue weighted by Crippen LogP contribution is 2.09. The van der Waals surface area contributed by atoms with Crippen molar-refractivity contribution in [3.63, 3.8) is 0 Å². The topological polar surface area (TPSA) is 49.9 Å². The SMILES string of the molecule is CCCc1ccccc1C(=N)N.Cl. The van der Waals surface area contributed by atoms with Crippen molar-refractivity contribution in [3.05, 3.63) is 35.4 Å². The van der Waals surface area contributed by atoms with Gasteiger partial charge in [-0.25, -0.2) is 0 Å². The van der Waals surface area contributed by atoms with Gasteiger partial charge in [-0.3, -0.25) is 5.41 Å². The Bertz CT molecular complexity index is 284. The van der Waals surface area contributed by atoms with Crippen LogP contribution < -0.4 is 5.73 Å². The van der Waals surface area contributed by atoms with E-state index in [4.69, 9.17) is 11.1 Å². The highest BCUT2D eigenvalue weighted by Gasteiger charge is 2.01. The second-order valence-electron chi connectivity index (χ2n) is 2.82. The lowest BCUT2D eigenvalue weighted by Gasteiger charge is -2.05. The van der Waals surface area contributed by atoms with Crippen molar-refractivity contribution in [3.8, 4) is 0 Å². The molecule has 0 aliphatic heterocycles.